The largest absolute Gasteiger partial charge is 0.395 e. The molecule has 15 heavy (non-hydrogen) atoms. The second-order valence-electron chi connectivity index (χ2n) is 4.85. The first kappa shape index (κ1) is 11.2. The molecule has 0 bridgehead atoms. The SMILES string of the molecule is OCC1CCCCCN1C1C=CCCC1. The van der Waals surface area contributed by atoms with E-state index >= 15 is 0 Å². The third kappa shape index (κ3) is 2.82. The Bertz CT molecular complexity index is 215. The first-order chi connectivity index (χ1) is 7.42. The van der Waals surface area contributed by atoms with Crippen molar-refractivity contribution in [3.05, 3.63) is 12.2 Å². The van der Waals surface area contributed by atoms with Gasteiger partial charge in [-0.25, -0.2) is 0 Å². The van der Waals surface area contributed by atoms with E-state index in [0.29, 0.717) is 18.7 Å². The van der Waals surface area contributed by atoms with Gasteiger partial charge in [0.25, 0.3) is 0 Å². The molecule has 1 aliphatic heterocycles. The molecule has 2 nitrogen and oxygen atoms in total. The Labute approximate surface area is 93.0 Å². The van der Waals surface area contributed by atoms with Crippen molar-refractivity contribution in [2.75, 3.05) is 13.2 Å². The molecule has 0 saturated carbocycles. The van der Waals surface area contributed by atoms with Crippen LogP contribution in [0.5, 0.6) is 0 Å². The van der Waals surface area contributed by atoms with Gasteiger partial charge >= 0.3 is 0 Å². The van der Waals surface area contributed by atoms with Crippen LogP contribution in [0.25, 0.3) is 0 Å². The second-order valence-corrected chi connectivity index (χ2v) is 4.85. The van der Waals surface area contributed by atoms with Gasteiger partial charge in [-0.3, -0.25) is 4.90 Å². The molecule has 1 N–H and O–H groups in total. The topological polar surface area (TPSA) is 23.5 Å². The van der Waals surface area contributed by atoms with Gasteiger partial charge in [0, 0.05) is 12.1 Å². The maximum atomic E-state index is 9.45. The summed E-state index contributed by atoms with van der Waals surface area (Å²) in [7, 11) is 0. The predicted molar refractivity (Wildman–Crippen MR) is 62.8 cm³/mol. The number of aliphatic hydroxyl groups is 1. The summed E-state index contributed by atoms with van der Waals surface area (Å²) in [4.78, 5) is 2.54. The van der Waals surface area contributed by atoms with Gasteiger partial charge < -0.3 is 5.11 Å². The van der Waals surface area contributed by atoms with Crippen LogP contribution in [0.3, 0.4) is 0 Å². The normalized spacial score (nSPS) is 33.9. The highest BCUT2D eigenvalue weighted by Crippen LogP contribution is 2.24. The van der Waals surface area contributed by atoms with Crippen molar-refractivity contribution in [3.8, 4) is 0 Å². The lowest BCUT2D eigenvalue weighted by Gasteiger charge is -2.36. The number of hydrogen-bond donors (Lipinski definition) is 1. The third-order valence-electron chi connectivity index (χ3n) is 3.79. The van der Waals surface area contributed by atoms with E-state index in [1.54, 1.807) is 0 Å². The quantitative estimate of drug-likeness (QED) is 0.706. The monoisotopic (exact) mass is 209 g/mol. The van der Waals surface area contributed by atoms with E-state index in [0.717, 1.165) is 0 Å². The van der Waals surface area contributed by atoms with Gasteiger partial charge in [-0.1, -0.05) is 25.0 Å². The van der Waals surface area contributed by atoms with Crippen molar-refractivity contribution in [2.45, 2.75) is 57.0 Å². The molecule has 2 rings (SSSR count). The van der Waals surface area contributed by atoms with E-state index in [1.165, 1.54) is 51.5 Å². The third-order valence-corrected chi connectivity index (χ3v) is 3.79. The zero-order chi connectivity index (χ0) is 10.5. The fraction of sp³-hybridized carbons (Fsp3) is 0.846. The van der Waals surface area contributed by atoms with E-state index < -0.39 is 0 Å². The first-order valence-corrected chi connectivity index (χ1v) is 6.45. The van der Waals surface area contributed by atoms with Crippen LogP contribution in [-0.2, 0) is 0 Å². The number of allylic oxidation sites excluding steroid dienone is 1. The highest BCUT2D eigenvalue weighted by Gasteiger charge is 2.26. The van der Waals surface area contributed by atoms with Gasteiger partial charge in [0.05, 0.1) is 6.61 Å². The van der Waals surface area contributed by atoms with E-state index in [9.17, 15) is 5.11 Å². The molecule has 1 aliphatic carbocycles. The molecule has 0 radical (unpaired) electrons. The fourth-order valence-corrected chi connectivity index (χ4v) is 2.90. The Morgan fingerprint density at radius 2 is 2.07 bits per heavy atom. The Hall–Kier alpha value is -0.340. The van der Waals surface area contributed by atoms with Crippen LogP contribution in [-0.4, -0.2) is 35.2 Å². The number of rotatable bonds is 2. The summed E-state index contributed by atoms with van der Waals surface area (Å²) in [5, 5.41) is 9.45. The van der Waals surface area contributed by atoms with Crippen molar-refractivity contribution >= 4 is 0 Å². The van der Waals surface area contributed by atoms with Gasteiger partial charge in [0.2, 0.25) is 0 Å². The highest BCUT2D eigenvalue weighted by atomic mass is 16.3. The van der Waals surface area contributed by atoms with Crippen molar-refractivity contribution in [2.24, 2.45) is 0 Å². The van der Waals surface area contributed by atoms with Crippen LogP contribution in [0, 0.1) is 0 Å². The summed E-state index contributed by atoms with van der Waals surface area (Å²) in [6.45, 7) is 1.52. The van der Waals surface area contributed by atoms with Crippen LogP contribution in [0.4, 0.5) is 0 Å². The molecule has 2 aliphatic rings. The van der Waals surface area contributed by atoms with Gasteiger partial charge in [-0.05, 0) is 38.6 Å². The molecule has 2 unspecified atom stereocenters. The Morgan fingerprint density at radius 3 is 2.80 bits per heavy atom. The van der Waals surface area contributed by atoms with Gasteiger partial charge in [-0.2, -0.15) is 0 Å². The second kappa shape index (κ2) is 5.66. The average molecular weight is 209 g/mol. The van der Waals surface area contributed by atoms with Gasteiger partial charge in [0.15, 0.2) is 0 Å². The molecular formula is C13H23NO. The number of hydrogen-bond acceptors (Lipinski definition) is 2. The van der Waals surface area contributed by atoms with E-state index in [-0.39, 0.29) is 0 Å². The molecule has 0 aromatic rings. The van der Waals surface area contributed by atoms with Crippen molar-refractivity contribution < 1.29 is 5.11 Å². The molecule has 0 amide bonds. The molecule has 1 saturated heterocycles. The molecule has 1 fully saturated rings. The van der Waals surface area contributed by atoms with E-state index in [2.05, 4.69) is 17.1 Å². The maximum Gasteiger partial charge on any atom is 0.0587 e. The summed E-state index contributed by atoms with van der Waals surface area (Å²) in [5.41, 5.74) is 0. The van der Waals surface area contributed by atoms with E-state index in [1.807, 2.05) is 0 Å². The average Bonchev–Trinajstić information content (AvgIpc) is 2.55. The zero-order valence-corrected chi connectivity index (χ0v) is 9.57. The van der Waals surface area contributed by atoms with Gasteiger partial charge in [-0.15, -0.1) is 0 Å². The molecule has 86 valence electrons. The maximum absolute atomic E-state index is 9.45. The Kier molecular flexibility index (Phi) is 4.21. The molecule has 0 aromatic heterocycles. The minimum absolute atomic E-state index is 0.338. The molecule has 2 atom stereocenters. The minimum Gasteiger partial charge on any atom is -0.395 e. The predicted octanol–water partition coefficient (Wildman–Crippen LogP) is 2.33. The highest BCUT2D eigenvalue weighted by molar-refractivity contribution is 5.00. The van der Waals surface area contributed by atoms with Crippen LogP contribution in [0.2, 0.25) is 0 Å². The Balaban J connectivity index is 2.01. The van der Waals surface area contributed by atoms with Crippen molar-refractivity contribution in [3.63, 3.8) is 0 Å². The van der Waals surface area contributed by atoms with Crippen LogP contribution in [0.1, 0.15) is 44.9 Å². The smallest absolute Gasteiger partial charge is 0.0587 e. The summed E-state index contributed by atoms with van der Waals surface area (Å²) >= 11 is 0. The van der Waals surface area contributed by atoms with Crippen LogP contribution in [0.15, 0.2) is 12.2 Å². The molecule has 0 aromatic carbocycles. The lowest BCUT2D eigenvalue weighted by Crippen LogP contribution is -2.44. The van der Waals surface area contributed by atoms with Gasteiger partial charge in [0.1, 0.15) is 0 Å². The number of aliphatic hydroxyl groups excluding tert-OH is 1. The minimum atomic E-state index is 0.338. The first-order valence-electron chi connectivity index (χ1n) is 6.45. The molecule has 2 heteroatoms. The van der Waals surface area contributed by atoms with E-state index in [4.69, 9.17) is 0 Å². The lowest BCUT2D eigenvalue weighted by molar-refractivity contribution is 0.0958. The summed E-state index contributed by atoms with van der Waals surface area (Å²) in [6, 6.07) is 1.02. The Morgan fingerprint density at radius 1 is 1.13 bits per heavy atom. The summed E-state index contributed by atoms with van der Waals surface area (Å²) in [6.07, 6.45) is 13.6. The summed E-state index contributed by atoms with van der Waals surface area (Å²) in [5.74, 6) is 0. The lowest BCUT2D eigenvalue weighted by atomic mass is 9.99. The van der Waals surface area contributed by atoms with Crippen LogP contribution >= 0.6 is 0 Å². The van der Waals surface area contributed by atoms with Crippen LogP contribution < -0.4 is 0 Å². The fourth-order valence-electron chi connectivity index (χ4n) is 2.90. The van der Waals surface area contributed by atoms with Crippen molar-refractivity contribution in [1.29, 1.82) is 0 Å². The molecular weight excluding hydrogens is 186 g/mol. The van der Waals surface area contributed by atoms with Crippen molar-refractivity contribution in [1.82, 2.24) is 4.90 Å². The number of likely N-dealkylation sites (tertiary alicyclic amines) is 1. The zero-order valence-electron chi connectivity index (χ0n) is 9.57. The molecule has 1 heterocycles. The summed E-state index contributed by atoms with van der Waals surface area (Å²) < 4.78 is 0. The molecule has 0 spiro atoms. The standard InChI is InChI=1S/C13H23NO/c15-11-13-9-5-2-6-10-14(13)12-7-3-1-4-8-12/h3,7,12-13,15H,1-2,4-6,8-11H2. The number of nitrogens with zero attached hydrogens (tertiary/aromatic N) is 1.